The van der Waals surface area contributed by atoms with Crippen molar-refractivity contribution in [1.82, 2.24) is 4.98 Å². The standard InChI is InChI=1S/C18H19N3S/c1-11-4-7-14(8-5-11)17-13(3)22-18(21-17)20-16-10-15(19)9-6-12(16)2/h4-10H,19H2,1-3H3,(H,20,21). The van der Waals surface area contributed by atoms with Gasteiger partial charge in [-0.1, -0.05) is 35.9 Å². The highest BCUT2D eigenvalue weighted by Crippen LogP contribution is 2.33. The van der Waals surface area contributed by atoms with Gasteiger partial charge in [0.25, 0.3) is 0 Å². The molecule has 3 rings (SSSR count). The normalized spacial score (nSPS) is 10.7. The number of benzene rings is 2. The second-order valence-corrected chi connectivity index (χ2v) is 6.69. The van der Waals surface area contributed by atoms with Crippen molar-refractivity contribution in [1.29, 1.82) is 0 Å². The van der Waals surface area contributed by atoms with E-state index in [2.05, 4.69) is 50.4 Å². The van der Waals surface area contributed by atoms with Gasteiger partial charge >= 0.3 is 0 Å². The minimum absolute atomic E-state index is 0.750. The number of aryl methyl sites for hydroxylation is 3. The van der Waals surface area contributed by atoms with E-state index in [4.69, 9.17) is 10.7 Å². The topological polar surface area (TPSA) is 50.9 Å². The van der Waals surface area contributed by atoms with E-state index in [-0.39, 0.29) is 0 Å². The van der Waals surface area contributed by atoms with Crippen LogP contribution in [0.2, 0.25) is 0 Å². The van der Waals surface area contributed by atoms with E-state index in [1.807, 2.05) is 18.2 Å². The summed E-state index contributed by atoms with van der Waals surface area (Å²) in [6.07, 6.45) is 0. The van der Waals surface area contributed by atoms with Crippen LogP contribution in [0.3, 0.4) is 0 Å². The predicted molar refractivity (Wildman–Crippen MR) is 95.9 cm³/mol. The lowest BCUT2D eigenvalue weighted by atomic mass is 10.1. The van der Waals surface area contributed by atoms with Crippen molar-refractivity contribution >= 4 is 27.8 Å². The molecule has 2 aromatic carbocycles. The first-order chi connectivity index (χ1) is 10.5. The minimum atomic E-state index is 0.750. The Hall–Kier alpha value is -2.33. The molecule has 0 saturated carbocycles. The summed E-state index contributed by atoms with van der Waals surface area (Å²) in [5, 5.41) is 4.27. The van der Waals surface area contributed by atoms with Crippen LogP contribution in [0, 0.1) is 20.8 Å². The Morgan fingerprint density at radius 1 is 1.00 bits per heavy atom. The molecule has 1 aromatic heterocycles. The lowest BCUT2D eigenvalue weighted by Crippen LogP contribution is -1.94. The van der Waals surface area contributed by atoms with Crippen LogP contribution in [-0.4, -0.2) is 4.98 Å². The summed E-state index contributed by atoms with van der Waals surface area (Å²) < 4.78 is 0. The zero-order chi connectivity index (χ0) is 15.7. The lowest BCUT2D eigenvalue weighted by molar-refractivity contribution is 1.34. The van der Waals surface area contributed by atoms with Crippen molar-refractivity contribution < 1.29 is 0 Å². The van der Waals surface area contributed by atoms with E-state index in [1.54, 1.807) is 11.3 Å². The van der Waals surface area contributed by atoms with Gasteiger partial charge < -0.3 is 11.1 Å². The fourth-order valence-corrected chi connectivity index (χ4v) is 3.17. The molecule has 3 N–H and O–H groups in total. The molecular formula is C18H19N3S. The maximum absolute atomic E-state index is 5.86. The fourth-order valence-electron chi connectivity index (χ4n) is 2.32. The number of thiazole rings is 1. The van der Waals surface area contributed by atoms with Crippen molar-refractivity contribution in [3.05, 3.63) is 58.5 Å². The monoisotopic (exact) mass is 309 g/mol. The smallest absolute Gasteiger partial charge is 0.187 e. The third-order valence-electron chi connectivity index (χ3n) is 3.62. The number of rotatable bonds is 3. The third kappa shape index (κ3) is 2.97. The van der Waals surface area contributed by atoms with Gasteiger partial charge in [0, 0.05) is 21.8 Å². The van der Waals surface area contributed by atoms with Gasteiger partial charge in [0.2, 0.25) is 0 Å². The molecule has 0 unspecified atom stereocenters. The number of aromatic nitrogens is 1. The molecule has 112 valence electrons. The molecule has 0 radical (unpaired) electrons. The summed E-state index contributed by atoms with van der Waals surface area (Å²) in [6.45, 7) is 6.25. The Bertz CT molecular complexity index is 804. The molecule has 22 heavy (non-hydrogen) atoms. The Labute approximate surface area is 134 Å². The van der Waals surface area contributed by atoms with E-state index in [0.717, 1.165) is 33.3 Å². The van der Waals surface area contributed by atoms with Crippen LogP contribution in [-0.2, 0) is 0 Å². The zero-order valence-electron chi connectivity index (χ0n) is 13.0. The maximum Gasteiger partial charge on any atom is 0.187 e. The molecule has 0 aliphatic rings. The molecule has 1 heterocycles. The summed E-state index contributed by atoms with van der Waals surface area (Å²) in [5.41, 5.74) is 12.2. The van der Waals surface area contributed by atoms with Crippen LogP contribution < -0.4 is 11.1 Å². The molecular weight excluding hydrogens is 290 g/mol. The summed E-state index contributed by atoms with van der Waals surface area (Å²) in [6, 6.07) is 14.3. The quantitative estimate of drug-likeness (QED) is 0.665. The number of hydrogen-bond acceptors (Lipinski definition) is 4. The number of nitrogen functional groups attached to an aromatic ring is 1. The molecule has 0 amide bonds. The van der Waals surface area contributed by atoms with E-state index in [0.29, 0.717) is 0 Å². The summed E-state index contributed by atoms with van der Waals surface area (Å²) in [7, 11) is 0. The van der Waals surface area contributed by atoms with Gasteiger partial charge in [0.15, 0.2) is 5.13 Å². The number of hydrogen-bond donors (Lipinski definition) is 2. The first kappa shape index (κ1) is 14.6. The predicted octanol–water partition coefficient (Wildman–Crippen LogP) is 5.06. The van der Waals surface area contributed by atoms with Crippen LogP contribution in [0.15, 0.2) is 42.5 Å². The Balaban J connectivity index is 1.92. The van der Waals surface area contributed by atoms with Gasteiger partial charge in [-0.2, -0.15) is 0 Å². The van der Waals surface area contributed by atoms with Crippen LogP contribution in [0.1, 0.15) is 16.0 Å². The highest BCUT2D eigenvalue weighted by molar-refractivity contribution is 7.16. The van der Waals surface area contributed by atoms with Crippen molar-refractivity contribution in [3.8, 4) is 11.3 Å². The highest BCUT2D eigenvalue weighted by Gasteiger charge is 2.10. The number of nitrogens with one attached hydrogen (secondary N) is 1. The van der Waals surface area contributed by atoms with Crippen LogP contribution in [0.4, 0.5) is 16.5 Å². The van der Waals surface area contributed by atoms with E-state index in [9.17, 15) is 0 Å². The molecule has 4 heteroatoms. The summed E-state index contributed by atoms with van der Waals surface area (Å²) in [5.74, 6) is 0. The third-order valence-corrected chi connectivity index (χ3v) is 4.51. The first-order valence-corrected chi connectivity index (χ1v) is 8.02. The zero-order valence-corrected chi connectivity index (χ0v) is 13.8. The minimum Gasteiger partial charge on any atom is -0.399 e. The summed E-state index contributed by atoms with van der Waals surface area (Å²) in [4.78, 5) is 5.94. The van der Waals surface area contributed by atoms with Gasteiger partial charge in [0.1, 0.15) is 0 Å². The average molecular weight is 309 g/mol. The van der Waals surface area contributed by atoms with Crippen molar-refractivity contribution in [3.63, 3.8) is 0 Å². The molecule has 0 spiro atoms. The molecule has 0 aliphatic heterocycles. The molecule has 0 fully saturated rings. The largest absolute Gasteiger partial charge is 0.399 e. The molecule has 0 aliphatic carbocycles. The van der Waals surface area contributed by atoms with E-state index in [1.165, 1.54) is 10.4 Å². The Morgan fingerprint density at radius 3 is 2.45 bits per heavy atom. The van der Waals surface area contributed by atoms with Crippen molar-refractivity contribution in [2.24, 2.45) is 0 Å². The Morgan fingerprint density at radius 2 is 1.73 bits per heavy atom. The molecule has 0 atom stereocenters. The van der Waals surface area contributed by atoms with Gasteiger partial charge in [-0.3, -0.25) is 0 Å². The highest BCUT2D eigenvalue weighted by atomic mass is 32.1. The molecule has 3 aromatic rings. The number of anilines is 3. The van der Waals surface area contributed by atoms with Gasteiger partial charge in [-0.25, -0.2) is 4.98 Å². The second-order valence-electron chi connectivity index (χ2n) is 5.49. The summed E-state index contributed by atoms with van der Waals surface area (Å²) >= 11 is 1.66. The lowest BCUT2D eigenvalue weighted by Gasteiger charge is -2.07. The number of nitrogens with zero attached hydrogens (tertiary/aromatic N) is 1. The van der Waals surface area contributed by atoms with E-state index < -0.39 is 0 Å². The van der Waals surface area contributed by atoms with Crippen LogP contribution >= 0.6 is 11.3 Å². The maximum atomic E-state index is 5.86. The Kier molecular flexibility index (Phi) is 3.86. The fraction of sp³-hybridized carbons (Fsp3) is 0.167. The van der Waals surface area contributed by atoms with Crippen LogP contribution in [0.25, 0.3) is 11.3 Å². The van der Waals surface area contributed by atoms with Gasteiger partial charge in [-0.05, 0) is 38.5 Å². The second kappa shape index (κ2) is 5.81. The van der Waals surface area contributed by atoms with Crippen LogP contribution in [0.5, 0.6) is 0 Å². The van der Waals surface area contributed by atoms with E-state index >= 15 is 0 Å². The molecule has 0 bridgehead atoms. The number of nitrogens with two attached hydrogens (primary N) is 1. The van der Waals surface area contributed by atoms with Crippen molar-refractivity contribution in [2.45, 2.75) is 20.8 Å². The SMILES string of the molecule is Cc1ccc(-c2nc(Nc3cc(N)ccc3C)sc2C)cc1. The van der Waals surface area contributed by atoms with Gasteiger partial charge in [0.05, 0.1) is 5.69 Å². The van der Waals surface area contributed by atoms with Crippen molar-refractivity contribution in [2.75, 3.05) is 11.1 Å². The average Bonchev–Trinajstić information content (AvgIpc) is 2.84. The van der Waals surface area contributed by atoms with Gasteiger partial charge in [-0.15, -0.1) is 11.3 Å². The molecule has 0 saturated heterocycles. The first-order valence-electron chi connectivity index (χ1n) is 7.20. The molecule has 3 nitrogen and oxygen atoms in total.